The van der Waals surface area contributed by atoms with Gasteiger partial charge in [0.05, 0.1) is 18.4 Å². The van der Waals surface area contributed by atoms with Gasteiger partial charge in [-0.05, 0) is 55.6 Å². The number of carbonyl (C=O) groups excluding carboxylic acids is 4. The summed E-state index contributed by atoms with van der Waals surface area (Å²) in [6, 6.07) is 7.80. The smallest absolute Gasteiger partial charge is 0.255 e. The fraction of sp³-hybridized carbons (Fsp3) is 0.486. The molecule has 2 atom stereocenters. The van der Waals surface area contributed by atoms with Crippen molar-refractivity contribution in [1.29, 1.82) is 0 Å². The minimum atomic E-state index is -0.889. The van der Waals surface area contributed by atoms with Crippen molar-refractivity contribution in [2.24, 2.45) is 5.92 Å². The van der Waals surface area contributed by atoms with Crippen molar-refractivity contribution in [1.82, 2.24) is 20.4 Å². The molecule has 2 aliphatic rings. The van der Waals surface area contributed by atoms with Crippen LogP contribution in [0.25, 0.3) is 11.0 Å². The van der Waals surface area contributed by atoms with Gasteiger partial charge in [-0.3, -0.25) is 19.2 Å². The molecule has 12 heteroatoms. The molecule has 2 heterocycles. The second-order valence-corrected chi connectivity index (χ2v) is 12.5. The first kappa shape index (κ1) is 33.9. The standard InChI is InChI=1S/C35H44FN5O6/c1-4-31(42)37-29(35(45)41-16-14-40(2)15-17-41)19-22-10-13-28(27(36)18-22)38-34(44)32(23-8-6-5-7-9-23)39-33(43)26-21-47-30-20-24(46-3)11-12-25(26)30/h10-13,18,20-21,23,29,32H,4-9,14-17,19H2,1-3H3,(H,37,42)(H,38,44)(H,39,43)/t29-,32?/m1/s1. The zero-order valence-electron chi connectivity index (χ0n) is 27.3. The van der Waals surface area contributed by atoms with Gasteiger partial charge in [0.15, 0.2) is 0 Å². The van der Waals surface area contributed by atoms with Crippen molar-refractivity contribution in [3.8, 4) is 5.75 Å². The van der Waals surface area contributed by atoms with E-state index in [4.69, 9.17) is 9.15 Å². The number of anilines is 1. The predicted molar refractivity (Wildman–Crippen MR) is 176 cm³/mol. The molecule has 3 aromatic rings. The van der Waals surface area contributed by atoms with E-state index in [0.29, 0.717) is 40.9 Å². The average Bonchev–Trinajstić information content (AvgIpc) is 3.51. The number of ether oxygens (including phenoxy) is 1. The number of rotatable bonds is 11. The number of benzene rings is 2. The van der Waals surface area contributed by atoms with E-state index in [2.05, 4.69) is 20.9 Å². The van der Waals surface area contributed by atoms with Crippen LogP contribution < -0.4 is 20.7 Å². The van der Waals surface area contributed by atoms with Gasteiger partial charge < -0.3 is 34.9 Å². The fourth-order valence-electron chi connectivity index (χ4n) is 6.37. The molecule has 1 saturated carbocycles. The van der Waals surface area contributed by atoms with Crippen LogP contribution in [0.1, 0.15) is 61.4 Å². The number of hydrogen-bond acceptors (Lipinski definition) is 7. The second-order valence-electron chi connectivity index (χ2n) is 12.5. The third-order valence-electron chi connectivity index (χ3n) is 9.22. The number of fused-ring (bicyclic) bond motifs is 1. The first-order valence-corrected chi connectivity index (χ1v) is 16.4. The molecule has 1 unspecified atom stereocenters. The Morgan fingerprint density at radius 3 is 2.43 bits per heavy atom. The van der Waals surface area contributed by atoms with Crippen molar-refractivity contribution in [3.05, 3.63) is 59.6 Å². The zero-order chi connectivity index (χ0) is 33.5. The molecule has 3 N–H and O–H groups in total. The number of nitrogens with one attached hydrogen (secondary N) is 3. The molecule has 47 heavy (non-hydrogen) atoms. The van der Waals surface area contributed by atoms with Gasteiger partial charge in [-0.2, -0.15) is 0 Å². The van der Waals surface area contributed by atoms with E-state index in [0.717, 1.165) is 45.2 Å². The largest absolute Gasteiger partial charge is 0.497 e. The van der Waals surface area contributed by atoms with E-state index in [-0.39, 0.29) is 36.3 Å². The first-order chi connectivity index (χ1) is 22.7. The number of furan rings is 1. The van der Waals surface area contributed by atoms with Crippen LogP contribution in [0.4, 0.5) is 10.1 Å². The van der Waals surface area contributed by atoms with Crippen LogP contribution in [0.5, 0.6) is 5.75 Å². The summed E-state index contributed by atoms with van der Waals surface area (Å²) in [5, 5.41) is 8.99. The summed E-state index contributed by atoms with van der Waals surface area (Å²) in [7, 11) is 3.54. The summed E-state index contributed by atoms with van der Waals surface area (Å²) in [6.45, 7) is 4.29. The third-order valence-corrected chi connectivity index (χ3v) is 9.22. The minimum absolute atomic E-state index is 0.0331. The Bertz CT molecular complexity index is 1590. The molecule has 2 aromatic carbocycles. The molecular weight excluding hydrogens is 605 g/mol. The lowest BCUT2D eigenvalue weighted by atomic mass is 9.83. The van der Waals surface area contributed by atoms with Crippen molar-refractivity contribution in [2.45, 2.75) is 64.0 Å². The predicted octanol–water partition coefficient (Wildman–Crippen LogP) is 4.11. The number of hydrogen-bond donors (Lipinski definition) is 3. The summed E-state index contributed by atoms with van der Waals surface area (Å²) in [5.41, 5.74) is 1.25. The van der Waals surface area contributed by atoms with Crippen LogP contribution in [0.2, 0.25) is 0 Å². The maximum Gasteiger partial charge on any atom is 0.255 e. The van der Waals surface area contributed by atoms with Crippen LogP contribution in [0, 0.1) is 11.7 Å². The lowest BCUT2D eigenvalue weighted by Gasteiger charge is -2.34. The minimum Gasteiger partial charge on any atom is -0.497 e. The zero-order valence-corrected chi connectivity index (χ0v) is 27.3. The SMILES string of the molecule is CCC(=O)N[C@H](Cc1ccc(NC(=O)C(NC(=O)c2coc3cc(OC)ccc23)C2CCCCC2)c(F)c1)C(=O)N1CCN(C)CC1. The monoisotopic (exact) mass is 649 g/mol. The molecular formula is C35H44FN5O6. The van der Waals surface area contributed by atoms with E-state index < -0.39 is 29.7 Å². The number of piperazine rings is 1. The Hall–Kier alpha value is -4.45. The van der Waals surface area contributed by atoms with Crippen molar-refractivity contribution in [2.75, 3.05) is 45.7 Å². The molecule has 5 rings (SSSR count). The molecule has 0 bridgehead atoms. The first-order valence-electron chi connectivity index (χ1n) is 16.4. The maximum atomic E-state index is 15.5. The average molecular weight is 650 g/mol. The molecule has 1 aliphatic carbocycles. The van der Waals surface area contributed by atoms with Gasteiger partial charge in [0, 0.05) is 50.5 Å². The maximum absolute atomic E-state index is 15.5. The molecule has 1 aliphatic heterocycles. The number of methoxy groups -OCH3 is 1. The van der Waals surface area contributed by atoms with Crippen molar-refractivity contribution < 1.29 is 32.7 Å². The van der Waals surface area contributed by atoms with E-state index in [1.165, 1.54) is 18.4 Å². The number of amides is 4. The highest BCUT2D eigenvalue weighted by atomic mass is 19.1. The summed E-state index contributed by atoms with van der Waals surface area (Å²) in [6.07, 6.45) is 6.13. The van der Waals surface area contributed by atoms with Gasteiger partial charge in [0.1, 0.15) is 35.5 Å². The van der Waals surface area contributed by atoms with Gasteiger partial charge in [-0.25, -0.2) is 4.39 Å². The van der Waals surface area contributed by atoms with Crippen LogP contribution in [0.3, 0.4) is 0 Å². The number of halogens is 1. The lowest BCUT2D eigenvalue weighted by Crippen LogP contribution is -2.54. The molecule has 0 radical (unpaired) electrons. The molecule has 252 valence electrons. The Kier molecular flexibility index (Phi) is 11.1. The summed E-state index contributed by atoms with van der Waals surface area (Å²) < 4.78 is 26.3. The van der Waals surface area contributed by atoms with Gasteiger partial charge >= 0.3 is 0 Å². The summed E-state index contributed by atoms with van der Waals surface area (Å²) in [4.78, 5) is 56.6. The highest BCUT2D eigenvalue weighted by molar-refractivity contribution is 6.08. The topological polar surface area (TPSA) is 133 Å². The third kappa shape index (κ3) is 8.29. The number of carbonyl (C=O) groups is 4. The van der Waals surface area contributed by atoms with E-state index in [1.54, 1.807) is 43.2 Å². The highest BCUT2D eigenvalue weighted by Crippen LogP contribution is 2.30. The number of nitrogens with zero attached hydrogens (tertiary/aromatic N) is 2. The molecule has 1 saturated heterocycles. The Morgan fingerprint density at radius 2 is 1.74 bits per heavy atom. The number of likely N-dealkylation sites (N-methyl/N-ethyl adjacent to an activating group) is 1. The molecule has 2 fully saturated rings. The Balaban J connectivity index is 1.30. The van der Waals surface area contributed by atoms with E-state index >= 15 is 4.39 Å². The molecule has 11 nitrogen and oxygen atoms in total. The fourth-order valence-corrected chi connectivity index (χ4v) is 6.37. The van der Waals surface area contributed by atoms with Crippen molar-refractivity contribution >= 4 is 40.3 Å². The van der Waals surface area contributed by atoms with Gasteiger partial charge in [-0.1, -0.05) is 32.3 Å². The normalized spacial score (nSPS) is 17.1. The van der Waals surface area contributed by atoms with Gasteiger partial charge in [-0.15, -0.1) is 0 Å². The highest BCUT2D eigenvalue weighted by Gasteiger charge is 2.33. The van der Waals surface area contributed by atoms with Crippen LogP contribution in [-0.4, -0.2) is 85.8 Å². The molecule has 4 amide bonds. The summed E-state index contributed by atoms with van der Waals surface area (Å²) >= 11 is 0. The van der Waals surface area contributed by atoms with Crippen LogP contribution in [0.15, 0.2) is 47.1 Å². The van der Waals surface area contributed by atoms with E-state index in [1.807, 2.05) is 7.05 Å². The van der Waals surface area contributed by atoms with Crippen LogP contribution >= 0.6 is 0 Å². The summed E-state index contributed by atoms with van der Waals surface area (Å²) in [5.74, 6) is -1.63. The molecule has 0 spiro atoms. The quantitative estimate of drug-likeness (QED) is 0.285. The molecule has 1 aromatic heterocycles. The van der Waals surface area contributed by atoms with Crippen LogP contribution in [-0.2, 0) is 20.8 Å². The van der Waals surface area contributed by atoms with Gasteiger partial charge in [0.2, 0.25) is 17.7 Å². The van der Waals surface area contributed by atoms with Gasteiger partial charge in [0.25, 0.3) is 5.91 Å². The lowest BCUT2D eigenvalue weighted by molar-refractivity contribution is -0.137. The second kappa shape index (κ2) is 15.4. The van der Waals surface area contributed by atoms with E-state index in [9.17, 15) is 19.2 Å². The van der Waals surface area contributed by atoms with Crippen molar-refractivity contribution in [3.63, 3.8) is 0 Å². The Labute approximate surface area is 274 Å². The Morgan fingerprint density at radius 1 is 1.00 bits per heavy atom.